The Morgan fingerprint density at radius 2 is 1.81 bits per heavy atom. The fraction of sp³-hybridized carbons (Fsp3) is 0.471. The molecule has 3 nitrogen and oxygen atoms in total. The third-order valence-electron chi connectivity index (χ3n) is 4.27. The molecular formula is C17H21FN2O. The van der Waals surface area contributed by atoms with Crippen LogP contribution in [0.1, 0.15) is 55.4 Å². The zero-order chi connectivity index (χ0) is 14.7. The first-order chi connectivity index (χ1) is 10.2. The van der Waals surface area contributed by atoms with Crippen molar-refractivity contribution in [3.8, 4) is 0 Å². The van der Waals surface area contributed by atoms with Crippen LogP contribution in [0.4, 0.5) is 4.39 Å². The van der Waals surface area contributed by atoms with Crippen molar-refractivity contribution in [2.24, 2.45) is 0 Å². The summed E-state index contributed by atoms with van der Waals surface area (Å²) in [6.45, 7) is 0. The van der Waals surface area contributed by atoms with Crippen molar-refractivity contribution in [2.75, 3.05) is 0 Å². The SMILES string of the molecule is O=C(NC1CCCCCCC1)c1cc2ccc(F)cc2[nH]1. The summed E-state index contributed by atoms with van der Waals surface area (Å²) in [5.41, 5.74) is 1.18. The molecule has 0 unspecified atom stereocenters. The second-order valence-electron chi connectivity index (χ2n) is 5.93. The van der Waals surface area contributed by atoms with Crippen LogP contribution in [0.2, 0.25) is 0 Å². The number of aromatic nitrogens is 1. The van der Waals surface area contributed by atoms with E-state index in [2.05, 4.69) is 10.3 Å². The Morgan fingerprint density at radius 1 is 1.10 bits per heavy atom. The van der Waals surface area contributed by atoms with Gasteiger partial charge in [-0.15, -0.1) is 0 Å². The van der Waals surface area contributed by atoms with E-state index in [-0.39, 0.29) is 17.8 Å². The quantitative estimate of drug-likeness (QED) is 0.856. The molecule has 1 aromatic heterocycles. The molecule has 0 spiro atoms. The van der Waals surface area contributed by atoms with Gasteiger partial charge in [-0.05, 0) is 37.1 Å². The van der Waals surface area contributed by atoms with Crippen molar-refractivity contribution in [2.45, 2.75) is 51.0 Å². The van der Waals surface area contributed by atoms with Crippen LogP contribution in [0.3, 0.4) is 0 Å². The van der Waals surface area contributed by atoms with E-state index < -0.39 is 0 Å². The molecule has 4 heteroatoms. The van der Waals surface area contributed by atoms with Crippen LogP contribution in [0.5, 0.6) is 0 Å². The minimum absolute atomic E-state index is 0.0859. The normalized spacial score (nSPS) is 17.4. The molecule has 1 amide bonds. The van der Waals surface area contributed by atoms with Crippen molar-refractivity contribution in [3.05, 3.63) is 35.8 Å². The highest BCUT2D eigenvalue weighted by Gasteiger charge is 2.16. The van der Waals surface area contributed by atoms with Gasteiger partial charge >= 0.3 is 0 Å². The van der Waals surface area contributed by atoms with E-state index in [1.165, 1.54) is 44.2 Å². The minimum Gasteiger partial charge on any atom is -0.350 e. The molecule has 0 saturated heterocycles. The molecule has 1 heterocycles. The lowest BCUT2D eigenvalue weighted by molar-refractivity contribution is 0.0926. The summed E-state index contributed by atoms with van der Waals surface area (Å²) in [4.78, 5) is 15.3. The van der Waals surface area contributed by atoms with Crippen LogP contribution >= 0.6 is 0 Å². The number of H-pyrrole nitrogens is 1. The number of carbonyl (C=O) groups is 1. The summed E-state index contributed by atoms with van der Waals surface area (Å²) in [7, 11) is 0. The van der Waals surface area contributed by atoms with E-state index in [1.54, 1.807) is 12.1 Å². The molecule has 0 bridgehead atoms. The molecule has 21 heavy (non-hydrogen) atoms. The smallest absolute Gasteiger partial charge is 0.267 e. The molecule has 3 rings (SSSR count). The van der Waals surface area contributed by atoms with Crippen LogP contribution in [0.15, 0.2) is 24.3 Å². The topological polar surface area (TPSA) is 44.9 Å². The molecule has 1 saturated carbocycles. The van der Waals surface area contributed by atoms with E-state index in [0.29, 0.717) is 11.2 Å². The molecule has 1 aromatic carbocycles. The highest BCUT2D eigenvalue weighted by molar-refractivity contribution is 5.98. The Labute approximate surface area is 123 Å². The van der Waals surface area contributed by atoms with E-state index >= 15 is 0 Å². The second-order valence-corrected chi connectivity index (χ2v) is 5.93. The van der Waals surface area contributed by atoms with Crippen molar-refractivity contribution in [1.82, 2.24) is 10.3 Å². The number of carbonyl (C=O) groups excluding carboxylic acids is 1. The average Bonchev–Trinajstić information content (AvgIpc) is 2.84. The summed E-state index contributed by atoms with van der Waals surface area (Å²) >= 11 is 0. The number of hydrogen-bond donors (Lipinski definition) is 2. The Kier molecular flexibility index (Phi) is 4.23. The van der Waals surface area contributed by atoms with E-state index in [0.717, 1.165) is 18.2 Å². The lowest BCUT2D eigenvalue weighted by Gasteiger charge is -2.20. The number of halogens is 1. The molecule has 0 aliphatic heterocycles. The first kappa shape index (κ1) is 14.1. The summed E-state index contributed by atoms with van der Waals surface area (Å²) in [5.74, 6) is -0.381. The number of nitrogens with one attached hydrogen (secondary N) is 2. The molecule has 1 fully saturated rings. The zero-order valence-electron chi connectivity index (χ0n) is 12.1. The van der Waals surface area contributed by atoms with E-state index in [9.17, 15) is 9.18 Å². The van der Waals surface area contributed by atoms with Crippen molar-refractivity contribution in [3.63, 3.8) is 0 Å². The maximum Gasteiger partial charge on any atom is 0.267 e. The molecule has 112 valence electrons. The number of benzene rings is 1. The van der Waals surface area contributed by atoms with Crippen molar-refractivity contribution in [1.29, 1.82) is 0 Å². The van der Waals surface area contributed by atoms with Crippen LogP contribution in [0, 0.1) is 5.82 Å². The van der Waals surface area contributed by atoms with E-state index in [4.69, 9.17) is 0 Å². The van der Waals surface area contributed by atoms with Gasteiger partial charge in [0.05, 0.1) is 0 Å². The maximum absolute atomic E-state index is 13.2. The van der Waals surface area contributed by atoms with Gasteiger partial charge in [0.1, 0.15) is 11.5 Å². The lowest BCUT2D eigenvalue weighted by Crippen LogP contribution is -2.35. The summed E-state index contributed by atoms with van der Waals surface area (Å²) < 4.78 is 13.2. The Balaban J connectivity index is 1.70. The highest BCUT2D eigenvalue weighted by Crippen LogP contribution is 2.19. The Hall–Kier alpha value is -1.84. The number of fused-ring (bicyclic) bond motifs is 1. The summed E-state index contributed by atoms with van der Waals surface area (Å²) in [5, 5.41) is 3.97. The number of aromatic amines is 1. The fourth-order valence-electron chi connectivity index (χ4n) is 3.09. The molecule has 2 aromatic rings. The van der Waals surface area contributed by atoms with Gasteiger partial charge in [0.15, 0.2) is 0 Å². The van der Waals surface area contributed by atoms with Crippen LogP contribution in [-0.2, 0) is 0 Å². The first-order valence-corrected chi connectivity index (χ1v) is 7.81. The standard InChI is InChI=1S/C17H21FN2O/c18-13-9-8-12-10-16(20-15(12)11-13)17(21)19-14-6-4-2-1-3-5-7-14/h8-11,14,20H,1-7H2,(H,19,21). The predicted molar refractivity (Wildman–Crippen MR) is 81.8 cm³/mol. The fourth-order valence-corrected chi connectivity index (χ4v) is 3.09. The zero-order valence-corrected chi connectivity index (χ0v) is 12.1. The second kappa shape index (κ2) is 6.29. The third-order valence-corrected chi connectivity index (χ3v) is 4.27. The van der Waals surface area contributed by atoms with Gasteiger partial charge in [-0.2, -0.15) is 0 Å². The Morgan fingerprint density at radius 3 is 2.57 bits per heavy atom. The monoisotopic (exact) mass is 288 g/mol. The number of amides is 1. The maximum atomic E-state index is 13.2. The first-order valence-electron chi connectivity index (χ1n) is 7.81. The van der Waals surface area contributed by atoms with Gasteiger partial charge < -0.3 is 10.3 Å². The Bertz CT molecular complexity index is 627. The third kappa shape index (κ3) is 3.43. The molecule has 2 N–H and O–H groups in total. The van der Waals surface area contributed by atoms with Gasteiger partial charge in [-0.3, -0.25) is 4.79 Å². The van der Waals surface area contributed by atoms with Crippen molar-refractivity contribution < 1.29 is 9.18 Å². The molecule has 1 aliphatic rings. The van der Waals surface area contributed by atoms with Gasteiger partial charge in [-0.1, -0.05) is 32.1 Å². The predicted octanol–water partition coefficient (Wildman–Crippen LogP) is 4.15. The van der Waals surface area contributed by atoms with Crippen molar-refractivity contribution >= 4 is 16.8 Å². The molecule has 0 atom stereocenters. The minimum atomic E-state index is -0.295. The molecule has 0 radical (unpaired) electrons. The number of hydrogen-bond acceptors (Lipinski definition) is 1. The van der Waals surface area contributed by atoms with Gasteiger partial charge in [0.25, 0.3) is 5.91 Å². The summed E-state index contributed by atoms with van der Waals surface area (Å²) in [6.07, 6.45) is 8.32. The van der Waals surface area contributed by atoms with Gasteiger partial charge in [-0.25, -0.2) is 4.39 Å². The largest absolute Gasteiger partial charge is 0.350 e. The highest BCUT2D eigenvalue weighted by atomic mass is 19.1. The number of rotatable bonds is 2. The van der Waals surface area contributed by atoms with Crippen LogP contribution in [-0.4, -0.2) is 16.9 Å². The molecular weight excluding hydrogens is 267 g/mol. The van der Waals surface area contributed by atoms with Crippen LogP contribution in [0.25, 0.3) is 10.9 Å². The lowest BCUT2D eigenvalue weighted by atomic mass is 9.96. The van der Waals surface area contributed by atoms with Gasteiger partial charge in [0, 0.05) is 16.9 Å². The molecule has 1 aliphatic carbocycles. The van der Waals surface area contributed by atoms with E-state index in [1.807, 2.05) is 0 Å². The van der Waals surface area contributed by atoms with Gasteiger partial charge in [0.2, 0.25) is 0 Å². The van der Waals surface area contributed by atoms with Crippen LogP contribution < -0.4 is 5.32 Å². The average molecular weight is 288 g/mol. The summed E-state index contributed by atoms with van der Waals surface area (Å²) in [6, 6.07) is 6.57.